The van der Waals surface area contributed by atoms with Crippen molar-refractivity contribution in [3.05, 3.63) is 66.7 Å². The number of benzene rings is 1. The SMILES string of the molecule is CSc1cn(-c2ncc(-c3ccccn3)cn2)c2cc(C(=O)N3CCOCC3)ccc12.O. The molecule has 8 nitrogen and oxygen atoms in total. The van der Waals surface area contributed by atoms with E-state index in [-0.39, 0.29) is 11.4 Å². The Morgan fingerprint density at radius 2 is 1.84 bits per heavy atom. The minimum absolute atomic E-state index is 0. The molecule has 1 fully saturated rings. The number of rotatable bonds is 4. The van der Waals surface area contributed by atoms with Crippen LogP contribution in [-0.2, 0) is 4.74 Å². The molecule has 3 aromatic heterocycles. The number of hydrogen-bond acceptors (Lipinski definition) is 6. The molecule has 4 aromatic rings. The van der Waals surface area contributed by atoms with Crippen LogP contribution in [0.1, 0.15) is 10.4 Å². The standard InChI is InChI=1S/C23H21N5O2S.H2O/c1-31-21-15-28(23-25-13-17(14-26-23)19-4-2-3-7-24-19)20-12-16(5-6-18(20)21)22(29)27-8-10-30-11-9-27;/h2-7,12-15H,8-11H2,1H3;1H2. The second kappa shape index (κ2) is 9.47. The first-order valence-corrected chi connectivity index (χ1v) is 11.3. The van der Waals surface area contributed by atoms with Gasteiger partial charge in [-0.3, -0.25) is 14.3 Å². The van der Waals surface area contributed by atoms with Crippen molar-refractivity contribution in [1.82, 2.24) is 24.4 Å². The van der Waals surface area contributed by atoms with E-state index in [0.29, 0.717) is 37.8 Å². The first-order chi connectivity index (χ1) is 15.2. The molecule has 0 spiro atoms. The van der Waals surface area contributed by atoms with Crippen molar-refractivity contribution in [2.75, 3.05) is 32.6 Å². The van der Waals surface area contributed by atoms with Crippen LogP contribution in [0.3, 0.4) is 0 Å². The van der Waals surface area contributed by atoms with E-state index in [1.807, 2.05) is 58.3 Å². The van der Waals surface area contributed by atoms with Crippen LogP contribution in [0.5, 0.6) is 0 Å². The Balaban J connectivity index is 0.00000245. The van der Waals surface area contributed by atoms with Gasteiger partial charge in [-0.15, -0.1) is 11.8 Å². The van der Waals surface area contributed by atoms with E-state index in [1.165, 1.54) is 0 Å². The fraction of sp³-hybridized carbons (Fsp3) is 0.217. The number of pyridine rings is 1. The van der Waals surface area contributed by atoms with Gasteiger partial charge in [0.15, 0.2) is 0 Å². The fourth-order valence-corrected chi connectivity index (χ4v) is 4.32. The summed E-state index contributed by atoms with van der Waals surface area (Å²) in [6.45, 7) is 2.40. The first-order valence-electron chi connectivity index (χ1n) is 10.0. The zero-order chi connectivity index (χ0) is 21.2. The summed E-state index contributed by atoms with van der Waals surface area (Å²) in [4.78, 5) is 29.4. The van der Waals surface area contributed by atoms with Gasteiger partial charge in [0.05, 0.1) is 24.4 Å². The highest BCUT2D eigenvalue weighted by Gasteiger charge is 2.20. The molecule has 32 heavy (non-hydrogen) atoms. The van der Waals surface area contributed by atoms with Crippen LogP contribution >= 0.6 is 11.8 Å². The first kappa shape index (κ1) is 21.9. The minimum atomic E-state index is 0. The van der Waals surface area contributed by atoms with Crippen molar-refractivity contribution in [1.29, 1.82) is 0 Å². The van der Waals surface area contributed by atoms with E-state index in [2.05, 4.69) is 15.0 Å². The van der Waals surface area contributed by atoms with Gasteiger partial charge in [0.25, 0.3) is 5.91 Å². The predicted molar refractivity (Wildman–Crippen MR) is 124 cm³/mol. The molecule has 164 valence electrons. The number of amides is 1. The molecule has 1 amide bonds. The number of hydrogen-bond donors (Lipinski definition) is 0. The molecule has 1 saturated heterocycles. The number of aromatic nitrogens is 4. The lowest BCUT2D eigenvalue weighted by Gasteiger charge is -2.26. The summed E-state index contributed by atoms with van der Waals surface area (Å²) in [5, 5.41) is 1.07. The maximum atomic E-state index is 13.0. The summed E-state index contributed by atoms with van der Waals surface area (Å²) >= 11 is 1.66. The van der Waals surface area contributed by atoms with E-state index in [9.17, 15) is 4.79 Å². The number of morpholine rings is 1. The van der Waals surface area contributed by atoms with Gasteiger partial charge in [0, 0.05) is 59.3 Å². The van der Waals surface area contributed by atoms with E-state index < -0.39 is 0 Å². The molecule has 1 aliphatic heterocycles. The molecule has 0 saturated carbocycles. The van der Waals surface area contributed by atoms with Gasteiger partial charge in [-0.25, -0.2) is 9.97 Å². The summed E-state index contributed by atoms with van der Waals surface area (Å²) < 4.78 is 7.31. The summed E-state index contributed by atoms with van der Waals surface area (Å²) in [5.74, 6) is 0.580. The molecule has 1 aliphatic rings. The highest BCUT2D eigenvalue weighted by atomic mass is 32.2. The van der Waals surface area contributed by atoms with Crippen LogP contribution in [0.15, 0.2) is 66.1 Å². The topological polar surface area (TPSA) is 105 Å². The van der Waals surface area contributed by atoms with Gasteiger partial charge in [-0.2, -0.15) is 0 Å². The van der Waals surface area contributed by atoms with Gasteiger partial charge in [-0.1, -0.05) is 12.1 Å². The normalized spacial score (nSPS) is 13.7. The Bertz CT molecular complexity index is 1220. The summed E-state index contributed by atoms with van der Waals surface area (Å²) in [7, 11) is 0. The van der Waals surface area contributed by atoms with E-state index in [1.54, 1.807) is 30.4 Å². The number of fused-ring (bicyclic) bond motifs is 1. The van der Waals surface area contributed by atoms with Crippen molar-refractivity contribution in [3.8, 4) is 17.2 Å². The van der Waals surface area contributed by atoms with Gasteiger partial charge in [-0.05, 0) is 30.5 Å². The Kier molecular flexibility index (Phi) is 6.50. The molecular formula is C23H23N5O3S. The maximum absolute atomic E-state index is 13.0. The molecule has 0 atom stereocenters. The lowest BCUT2D eigenvalue weighted by atomic mass is 10.1. The van der Waals surface area contributed by atoms with Crippen LogP contribution in [0.25, 0.3) is 28.1 Å². The number of carbonyl (C=O) groups is 1. The molecule has 0 bridgehead atoms. The quantitative estimate of drug-likeness (QED) is 0.444. The van der Waals surface area contributed by atoms with Crippen molar-refractivity contribution < 1.29 is 15.0 Å². The van der Waals surface area contributed by atoms with E-state index in [4.69, 9.17) is 4.74 Å². The fourth-order valence-electron chi connectivity index (χ4n) is 3.72. The average molecular weight is 450 g/mol. The van der Waals surface area contributed by atoms with E-state index >= 15 is 0 Å². The number of ether oxygens (including phenoxy) is 1. The van der Waals surface area contributed by atoms with Gasteiger partial charge in [0.2, 0.25) is 5.95 Å². The number of carbonyl (C=O) groups excluding carboxylic acids is 1. The molecule has 4 heterocycles. The van der Waals surface area contributed by atoms with Crippen LogP contribution < -0.4 is 0 Å². The van der Waals surface area contributed by atoms with Gasteiger partial charge < -0.3 is 15.1 Å². The third kappa shape index (κ3) is 4.10. The molecule has 0 aliphatic carbocycles. The van der Waals surface area contributed by atoms with E-state index in [0.717, 1.165) is 27.1 Å². The van der Waals surface area contributed by atoms with Crippen molar-refractivity contribution >= 4 is 28.6 Å². The highest BCUT2D eigenvalue weighted by Crippen LogP contribution is 2.31. The molecule has 1 aromatic carbocycles. The zero-order valence-electron chi connectivity index (χ0n) is 17.6. The smallest absolute Gasteiger partial charge is 0.254 e. The average Bonchev–Trinajstić information content (AvgIpc) is 3.23. The molecule has 0 radical (unpaired) electrons. The number of thioether (sulfide) groups is 1. The number of nitrogens with zero attached hydrogens (tertiary/aromatic N) is 5. The van der Waals surface area contributed by atoms with Crippen LogP contribution in [-0.4, -0.2) is 68.4 Å². The third-order valence-corrected chi connectivity index (χ3v) is 6.11. The second-order valence-electron chi connectivity index (χ2n) is 7.19. The molecule has 9 heteroatoms. The summed E-state index contributed by atoms with van der Waals surface area (Å²) in [6, 6.07) is 11.6. The Morgan fingerprint density at radius 3 is 2.53 bits per heavy atom. The van der Waals surface area contributed by atoms with Crippen molar-refractivity contribution in [3.63, 3.8) is 0 Å². The Morgan fingerprint density at radius 1 is 1.06 bits per heavy atom. The van der Waals surface area contributed by atoms with Crippen molar-refractivity contribution in [2.45, 2.75) is 4.90 Å². The van der Waals surface area contributed by atoms with Crippen LogP contribution in [0.4, 0.5) is 0 Å². The summed E-state index contributed by atoms with van der Waals surface area (Å²) in [6.07, 6.45) is 9.36. The lowest BCUT2D eigenvalue weighted by molar-refractivity contribution is 0.0303. The van der Waals surface area contributed by atoms with Gasteiger partial charge >= 0.3 is 0 Å². The zero-order valence-corrected chi connectivity index (χ0v) is 18.4. The monoisotopic (exact) mass is 449 g/mol. The highest BCUT2D eigenvalue weighted by molar-refractivity contribution is 7.98. The van der Waals surface area contributed by atoms with Crippen LogP contribution in [0.2, 0.25) is 0 Å². The third-order valence-electron chi connectivity index (χ3n) is 5.35. The molecule has 2 N–H and O–H groups in total. The Hall–Kier alpha value is -3.27. The molecular weight excluding hydrogens is 426 g/mol. The molecule has 0 unspecified atom stereocenters. The van der Waals surface area contributed by atoms with Crippen LogP contribution in [0, 0.1) is 0 Å². The largest absolute Gasteiger partial charge is 0.412 e. The summed E-state index contributed by atoms with van der Waals surface area (Å²) in [5.41, 5.74) is 3.25. The lowest BCUT2D eigenvalue weighted by Crippen LogP contribution is -2.40. The Labute approximate surface area is 189 Å². The minimum Gasteiger partial charge on any atom is -0.412 e. The molecule has 5 rings (SSSR count). The van der Waals surface area contributed by atoms with Crippen molar-refractivity contribution in [2.24, 2.45) is 0 Å². The second-order valence-corrected chi connectivity index (χ2v) is 8.04. The predicted octanol–water partition coefficient (Wildman–Crippen LogP) is 2.85. The van der Waals surface area contributed by atoms with Gasteiger partial charge in [0.1, 0.15) is 0 Å². The maximum Gasteiger partial charge on any atom is 0.254 e.